The molecule has 5 nitrogen and oxygen atoms in total. The topological polar surface area (TPSA) is 72.6 Å². The van der Waals surface area contributed by atoms with Crippen LogP contribution < -0.4 is 5.73 Å². The molecule has 6 heteroatoms. The molecule has 1 rings (SSSR count). The maximum Gasteiger partial charge on any atom is 0.242 e. The third-order valence-corrected chi connectivity index (χ3v) is 4.01. The summed E-state index contributed by atoms with van der Waals surface area (Å²) in [5, 5.41) is 0. The molecule has 0 aromatic rings. The first-order valence-electron chi connectivity index (χ1n) is 5.26. The lowest BCUT2D eigenvalue weighted by molar-refractivity contribution is -0.147. The summed E-state index contributed by atoms with van der Waals surface area (Å²) in [6, 6.07) is -0.639. The fourth-order valence-electron chi connectivity index (χ4n) is 1.55. The summed E-state index contributed by atoms with van der Waals surface area (Å²) in [5.41, 5.74) is 5.24. The average molecular weight is 293 g/mol. The molecule has 0 radical (unpaired) electrons. The molecule has 0 saturated carbocycles. The minimum atomic E-state index is -0.639. The molecule has 16 heavy (non-hydrogen) atoms. The zero-order valence-corrected chi connectivity index (χ0v) is 11.1. The molecular formula is C10H17BrN2O3. The molecule has 0 spiro atoms. The van der Waals surface area contributed by atoms with Crippen LogP contribution in [0, 0.1) is 5.92 Å². The van der Waals surface area contributed by atoms with Gasteiger partial charge in [-0.15, -0.1) is 0 Å². The third kappa shape index (κ3) is 2.95. The van der Waals surface area contributed by atoms with Crippen molar-refractivity contribution in [1.82, 2.24) is 4.90 Å². The lowest BCUT2D eigenvalue weighted by Crippen LogP contribution is -2.56. The molecule has 1 heterocycles. The Kier molecular flexibility index (Phi) is 4.73. The minimum absolute atomic E-state index is 0.0953. The van der Waals surface area contributed by atoms with Crippen molar-refractivity contribution in [2.24, 2.45) is 11.7 Å². The molecule has 1 aliphatic rings. The number of hydrogen-bond donors (Lipinski definition) is 1. The summed E-state index contributed by atoms with van der Waals surface area (Å²) >= 11 is 3.34. The van der Waals surface area contributed by atoms with Gasteiger partial charge in [-0.2, -0.15) is 0 Å². The summed E-state index contributed by atoms with van der Waals surface area (Å²) in [7, 11) is 0. The van der Waals surface area contributed by atoms with Gasteiger partial charge in [0, 0.05) is 6.54 Å². The number of carbonyl (C=O) groups is 2. The Labute approximate surface area is 103 Å². The Bertz CT molecular complexity index is 283. The van der Waals surface area contributed by atoms with Gasteiger partial charge in [-0.3, -0.25) is 9.59 Å². The molecule has 2 atom stereocenters. The van der Waals surface area contributed by atoms with Crippen LogP contribution in [0.25, 0.3) is 0 Å². The summed E-state index contributed by atoms with van der Waals surface area (Å²) in [4.78, 5) is 24.5. The summed E-state index contributed by atoms with van der Waals surface area (Å²) in [6.07, 6.45) is 0. The van der Waals surface area contributed by atoms with Gasteiger partial charge in [-0.1, -0.05) is 29.8 Å². The lowest BCUT2D eigenvalue weighted by Gasteiger charge is -2.35. The number of nitrogens with two attached hydrogens (primary N) is 1. The van der Waals surface area contributed by atoms with E-state index in [1.165, 1.54) is 4.90 Å². The number of amides is 2. The predicted octanol–water partition coefficient (Wildman–Crippen LogP) is 0.119. The zero-order chi connectivity index (χ0) is 12.3. The average Bonchev–Trinajstić information content (AvgIpc) is 2.26. The largest absolute Gasteiger partial charge is 0.377 e. The van der Waals surface area contributed by atoms with Crippen molar-refractivity contribution in [1.29, 1.82) is 0 Å². The number of rotatable bonds is 3. The first-order chi connectivity index (χ1) is 7.45. The van der Waals surface area contributed by atoms with Crippen LogP contribution in [-0.2, 0) is 14.3 Å². The number of alkyl halides is 1. The smallest absolute Gasteiger partial charge is 0.242 e. The summed E-state index contributed by atoms with van der Waals surface area (Å²) in [6.45, 7) is 4.95. The predicted molar refractivity (Wildman–Crippen MR) is 63.1 cm³/mol. The number of hydrogen-bond acceptors (Lipinski definition) is 3. The molecule has 0 bridgehead atoms. The van der Waals surface area contributed by atoms with Crippen LogP contribution in [-0.4, -0.2) is 47.3 Å². The van der Waals surface area contributed by atoms with Crippen molar-refractivity contribution in [2.75, 3.05) is 19.8 Å². The van der Waals surface area contributed by atoms with E-state index in [2.05, 4.69) is 15.9 Å². The van der Waals surface area contributed by atoms with Gasteiger partial charge in [0.2, 0.25) is 11.8 Å². The highest BCUT2D eigenvalue weighted by atomic mass is 79.9. The minimum Gasteiger partial charge on any atom is -0.377 e. The maximum atomic E-state index is 12.1. The molecule has 2 amide bonds. The molecule has 2 N–H and O–H groups in total. The van der Waals surface area contributed by atoms with Gasteiger partial charge in [-0.25, -0.2) is 0 Å². The maximum absolute atomic E-state index is 12.1. The van der Waals surface area contributed by atoms with Crippen molar-refractivity contribution >= 4 is 27.7 Å². The Morgan fingerprint density at radius 2 is 2.12 bits per heavy atom. The van der Waals surface area contributed by atoms with E-state index in [-0.39, 0.29) is 23.3 Å². The van der Waals surface area contributed by atoms with Crippen LogP contribution in [0.5, 0.6) is 0 Å². The first-order valence-corrected chi connectivity index (χ1v) is 6.18. The molecule has 0 aromatic carbocycles. The van der Waals surface area contributed by atoms with Gasteiger partial charge in [0.15, 0.2) is 0 Å². The van der Waals surface area contributed by atoms with Gasteiger partial charge >= 0.3 is 0 Å². The molecule has 92 valence electrons. The fraction of sp³-hybridized carbons (Fsp3) is 0.800. The fourth-order valence-corrected chi connectivity index (χ4v) is 1.81. The number of halogens is 1. The highest BCUT2D eigenvalue weighted by molar-refractivity contribution is 9.10. The highest BCUT2D eigenvalue weighted by Crippen LogP contribution is 2.18. The second-order valence-electron chi connectivity index (χ2n) is 4.17. The second-order valence-corrected chi connectivity index (χ2v) is 5.16. The zero-order valence-electron chi connectivity index (χ0n) is 9.48. The molecule has 1 fully saturated rings. The van der Waals surface area contributed by atoms with Gasteiger partial charge in [0.1, 0.15) is 6.04 Å². The lowest BCUT2D eigenvalue weighted by atomic mass is 10.1. The van der Waals surface area contributed by atoms with Crippen LogP contribution in [0.1, 0.15) is 13.8 Å². The Morgan fingerprint density at radius 1 is 1.50 bits per heavy atom. The molecular weight excluding hydrogens is 276 g/mol. The monoisotopic (exact) mass is 292 g/mol. The molecule has 2 unspecified atom stereocenters. The van der Waals surface area contributed by atoms with E-state index >= 15 is 0 Å². The van der Waals surface area contributed by atoms with Gasteiger partial charge in [0.05, 0.1) is 18.0 Å². The second kappa shape index (κ2) is 5.63. The number of ether oxygens (including phenoxy) is 1. The van der Waals surface area contributed by atoms with E-state index in [0.717, 1.165) is 0 Å². The first kappa shape index (κ1) is 13.4. The number of nitrogens with zero attached hydrogens (tertiary/aromatic N) is 1. The Morgan fingerprint density at radius 3 is 2.62 bits per heavy atom. The van der Waals surface area contributed by atoms with Crippen LogP contribution in [0.3, 0.4) is 0 Å². The van der Waals surface area contributed by atoms with Crippen molar-refractivity contribution in [3.8, 4) is 0 Å². The van der Waals surface area contributed by atoms with Crippen molar-refractivity contribution in [3.63, 3.8) is 0 Å². The van der Waals surface area contributed by atoms with Gasteiger partial charge in [-0.05, 0) is 5.92 Å². The van der Waals surface area contributed by atoms with Crippen LogP contribution in [0.2, 0.25) is 0 Å². The molecule has 0 aliphatic carbocycles. The Balaban J connectivity index is 2.75. The van der Waals surface area contributed by atoms with E-state index < -0.39 is 11.9 Å². The normalized spacial score (nSPS) is 23.2. The molecule has 1 saturated heterocycles. The third-order valence-electron chi connectivity index (χ3n) is 2.56. The highest BCUT2D eigenvalue weighted by Gasteiger charge is 2.34. The SMILES string of the molecule is CC(C)C(Br)C(=O)N1CCOCC1C(N)=O. The van der Waals surface area contributed by atoms with Crippen LogP contribution >= 0.6 is 15.9 Å². The van der Waals surface area contributed by atoms with Crippen LogP contribution in [0.4, 0.5) is 0 Å². The van der Waals surface area contributed by atoms with Gasteiger partial charge in [0.25, 0.3) is 0 Å². The van der Waals surface area contributed by atoms with Crippen molar-refractivity contribution in [3.05, 3.63) is 0 Å². The van der Waals surface area contributed by atoms with E-state index in [9.17, 15) is 9.59 Å². The number of primary amides is 1. The number of morpholine rings is 1. The summed E-state index contributed by atoms with van der Waals surface area (Å²) < 4.78 is 5.15. The van der Waals surface area contributed by atoms with E-state index in [0.29, 0.717) is 13.2 Å². The summed E-state index contributed by atoms with van der Waals surface area (Å²) in [5.74, 6) is -0.442. The van der Waals surface area contributed by atoms with E-state index in [1.54, 1.807) is 0 Å². The van der Waals surface area contributed by atoms with Crippen molar-refractivity contribution in [2.45, 2.75) is 24.7 Å². The quantitative estimate of drug-likeness (QED) is 0.751. The molecule has 0 aromatic heterocycles. The van der Waals surface area contributed by atoms with Crippen LogP contribution in [0.15, 0.2) is 0 Å². The Hall–Kier alpha value is -0.620. The van der Waals surface area contributed by atoms with E-state index in [4.69, 9.17) is 10.5 Å². The molecule has 1 aliphatic heterocycles. The van der Waals surface area contributed by atoms with Gasteiger partial charge < -0.3 is 15.4 Å². The van der Waals surface area contributed by atoms with E-state index in [1.807, 2.05) is 13.8 Å². The number of carbonyl (C=O) groups excluding carboxylic acids is 2. The standard InChI is InChI=1S/C10H17BrN2O3/c1-6(2)8(11)10(15)13-3-4-16-5-7(13)9(12)14/h6-8H,3-5H2,1-2H3,(H2,12,14). The van der Waals surface area contributed by atoms with Crippen molar-refractivity contribution < 1.29 is 14.3 Å².